The van der Waals surface area contributed by atoms with Crippen LogP contribution in [0.4, 0.5) is 9.59 Å². The largest absolute Gasteiger partial charge is 0.453 e. The Labute approximate surface area is 314 Å². The summed E-state index contributed by atoms with van der Waals surface area (Å²) < 4.78 is 19.7. The van der Waals surface area contributed by atoms with E-state index in [0.29, 0.717) is 62.2 Å². The Bertz CT molecular complexity index is 1750. The van der Waals surface area contributed by atoms with Crippen LogP contribution in [0.3, 0.4) is 0 Å². The summed E-state index contributed by atoms with van der Waals surface area (Å²) in [6, 6.07) is 5.42. The van der Waals surface area contributed by atoms with Gasteiger partial charge >= 0.3 is 12.2 Å². The lowest BCUT2D eigenvalue weighted by molar-refractivity contribution is -0.135. The summed E-state index contributed by atoms with van der Waals surface area (Å²) in [7, 11) is 5.59. The van der Waals surface area contributed by atoms with E-state index < -0.39 is 24.3 Å². The summed E-state index contributed by atoms with van der Waals surface area (Å²) in [5.74, 6) is 13.3. The molecule has 16 nitrogen and oxygen atoms in total. The van der Waals surface area contributed by atoms with Crippen molar-refractivity contribution in [2.45, 2.75) is 62.7 Å². The number of nitrogens with one attached hydrogen (secondary N) is 4. The summed E-state index contributed by atoms with van der Waals surface area (Å²) in [5, 5.41) is 5.24. The zero-order chi connectivity index (χ0) is 38.5. The molecule has 4 N–H and O–H groups in total. The van der Waals surface area contributed by atoms with Gasteiger partial charge in [0.05, 0.1) is 38.7 Å². The third kappa shape index (κ3) is 10.2. The second-order valence-electron chi connectivity index (χ2n) is 12.8. The molecule has 0 unspecified atom stereocenters. The summed E-state index contributed by atoms with van der Waals surface area (Å²) in [6.45, 7) is 1.70. The van der Waals surface area contributed by atoms with Crippen LogP contribution in [0.25, 0.3) is 0 Å². The van der Waals surface area contributed by atoms with E-state index in [1.165, 1.54) is 14.2 Å². The van der Waals surface area contributed by atoms with Gasteiger partial charge in [-0.15, -0.1) is 0 Å². The van der Waals surface area contributed by atoms with Crippen LogP contribution in [0, 0.1) is 23.7 Å². The minimum Gasteiger partial charge on any atom is -0.453 e. The highest BCUT2D eigenvalue weighted by Crippen LogP contribution is 2.32. The zero-order valence-electron chi connectivity index (χ0n) is 30.9. The first kappa shape index (κ1) is 39.4. The summed E-state index contributed by atoms with van der Waals surface area (Å²) in [5.41, 5.74) is 2.79. The minimum absolute atomic E-state index is 0.217. The molecular formula is C38H46N8O8. The Balaban J connectivity index is 1.19. The predicted molar refractivity (Wildman–Crippen MR) is 195 cm³/mol. The molecule has 1 aromatic carbocycles. The van der Waals surface area contributed by atoms with Gasteiger partial charge in [0.2, 0.25) is 11.8 Å². The number of alkyl carbamates (subject to hydrolysis) is 2. The maximum Gasteiger partial charge on any atom is 0.407 e. The minimum atomic E-state index is -0.777. The van der Waals surface area contributed by atoms with Gasteiger partial charge in [-0.1, -0.05) is 11.8 Å². The number of aromatic nitrogens is 4. The molecule has 3 aromatic rings. The summed E-state index contributed by atoms with van der Waals surface area (Å²) >= 11 is 0. The first-order valence-corrected chi connectivity index (χ1v) is 17.8. The predicted octanol–water partition coefficient (Wildman–Crippen LogP) is 2.78. The molecule has 4 amide bonds. The van der Waals surface area contributed by atoms with Crippen molar-refractivity contribution in [1.82, 2.24) is 40.4 Å². The third-order valence-electron chi connectivity index (χ3n) is 9.23. The molecular weight excluding hydrogens is 696 g/mol. The van der Waals surface area contributed by atoms with Gasteiger partial charge in [-0.3, -0.25) is 9.59 Å². The first-order chi connectivity index (χ1) is 26.2. The number of amides is 4. The number of carbonyl (C=O) groups is 4. The van der Waals surface area contributed by atoms with Gasteiger partial charge in [0, 0.05) is 64.5 Å². The maximum absolute atomic E-state index is 13.4. The SMILES string of the molecule is COCC[C@H](NC(=O)OC)C(=O)N1CCC[C@H]1c1ncc(C#Cc2ccc(C#Cc3cnc([C@@H]4CCCN4C(=O)[C@H](CCOC)NC(=O)OC)[nH]3)cc2)[nH]1. The van der Waals surface area contributed by atoms with Crippen molar-refractivity contribution in [1.29, 1.82) is 0 Å². The molecule has 4 atom stereocenters. The molecule has 4 heterocycles. The quantitative estimate of drug-likeness (QED) is 0.201. The summed E-state index contributed by atoms with van der Waals surface area (Å²) in [4.78, 5) is 69.6. The number of H-pyrrole nitrogens is 2. The van der Waals surface area contributed by atoms with Crippen LogP contribution < -0.4 is 10.6 Å². The van der Waals surface area contributed by atoms with Crippen LogP contribution in [0.5, 0.6) is 0 Å². The van der Waals surface area contributed by atoms with Gasteiger partial charge in [-0.25, -0.2) is 19.6 Å². The molecule has 2 aliphatic heterocycles. The topological polar surface area (TPSA) is 193 Å². The highest BCUT2D eigenvalue weighted by atomic mass is 16.5. The maximum atomic E-state index is 13.4. The second-order valence-corrected chi connectivity index (χ2v) is 12.8. The number of aromatic amines is 2. The van der Waals surface area contributed by atoms with E-state index >= 15 is 0 Å². The van der Waals surface area contributed by atoms with Crippen molar-refractivity contribution in [3.8, 4) is 23.7 Å². The van der Waals surface area contributed by atoms with Crippen LogP contribution in [-0.2, 0) is 28.5 Å². The van der Waals surface area contributed by atoms with Gasteiger partial charge < -0.3 is 49.3 Å². The smallest absolute Gasteiger partial charge is 0.407 e. The van der Waals surface area contributed by atoms with E-state index in [9.17, 15) is 19.2 Å². The van der Waals surface area contributed by atoms with E-state index in [1.54, 1.807) is 36.4 Å². The Morgan fingerprint density at radius 2 is 1.11 bits per heavy atom. The number of methoxy groups -OCH3 is 4. The molecule has 0 aliphatic carbocycles. The molecule has 54 heavy (non-hydrogen) atoms. The average molecular weight is 743 g/mol. The van der Waals surface area contributed by atoms with E-state index in [4.69, 9.17) is 18.9 Å². The van der Waals surface area contributed by atoms with Gasteiger partial charge in [-0.2, -0.15) is 0 Å². The van der Waals surface area contributed by atoms with Crippen LogP contribution in [0.2, 0.25) is 0 Å². The third-order valence-corrected chi connectivity index (χ3v) is 9.23. The highest BCUT2D eigenvalue weighted by Gasteiger charge is 2.37. The van der Waals surface area contributed by atoms with E-state index in [2.05, 4.69) is 54.3 Å². The molecule has 2 aliphatic rings. The van der Waals surface area contributed by atoms with Gasteiger partial charge in [0.15, 0.2) is 0 Å². The molecule has 5 rings (SSSR count). The average Bonchev–Trinajstić information content (AvgIpc) is 4.03. The van der Waals surface area contributed by atoms with Crippen molar-refractivity contribution in [3.05, 3.63) is 70.8 Å². The number of hydrogen-bond donors (Lipinski definition) is 4. The van der Waals surface area contributed by atoms with Crippen molar-refractivity contribution < 1.29 is 38.1 Å². The number of ether oxygens (including phenoxy) is 4. The number of rotatable bonds is 12. The fraction of sp³-hybridized carbons (Fsp3) is 0.474. The first-order valence-electron chi connectivity index (χ1n) is 17.8. The number of nitrogens with zero attached hydrogens (tertiary/aromatic N) is 4. The van der Waals surface area contributed by atoms with Gasteiger partial charge in [0.25, 0.3) is 0 Å². The fourth-order valence-electron chi connectivity index (χ4n) is 6.47. The fourth-order valence-corrected chi connectivity index (χ4v) is 6.47. The molecule has 2 aromatic heterocycles. The molecule has 2 fully saturated rings. The summed E-state index contributed by atoms with van der Waals surface area (Å²) in [6.07, 6.45) is 5.65. The Morgan fingerprint density at radius 1 is 0.704 bits per heavy atom. The number of benzene rings is 1. The van der Waals surface area contributed by atoms with E-state index in [-0.39, 0.29) is 23.9 Å². The number of imidazole rings is 2. The number of likely N-dealkylation sites (tertiary alicyclic amines) is 2. The molecule has 0 saturated carbocycles. The molecule has 0 bridgehead atoms. The van der Waals surface area contributed by atoms with Crippen molar-refractivity contribution in [2.24, 2.45) is 0 Å². The Kier molecular flexibility index (Phi) is 14.1. The van der Waals surface area contributed by atoms with E-state index in [1.807, 2.05) is 24.3 Å². The molecule has 286 valence electrons. The van der Waals surface area contributed by atoms with E-state index in [0.717, 1.165) is 36.8 Å². The Morgan fingerprint density at radius 3 is 1.48 bits per heavy atom. The lowest BCUT2D eigenvalue weighted by Gasteiger charge is -2.28. The highest BCUT2D eigenvalue weighted by molar-refractivity contribution is 5.87. The number of hydrogen-bond acceptors (Lipinski definition) is 10. The standard InChI is InChI=1S/C38H46N8O8/c1-51-21-17-29(43-37(49)53-3)35(47)45-19-5-7-31(45)33-39-23-27(41-33)15-13-25-9-11-26(12-10-25)14-16-28-24-40-34(42-28)32-8-6-20-46(32)36(48)30(18-22-52-2)44-38(50)54-4/h9-12,23-24,29-32H,5-8,17-22H2,1-4H3,(H,39,41)(H,40,42)(H,43,49)(H,44,50)/t29-,30-,31-,32-/m0/s1. The van der Waals surface area contributed by atoms with Crippen molar-refractivity contribution in [3.63, 3.8) is 0 Å². The lowest BCUT2D eigenvalue weighted by Crippen LogP contribution is -2.49. The second kappa shape index (κ2) is 19.3. The van der Waals surface area contributed by atoms with Gasteiger partial charge in [-0.05, 0) is 61.8 Å². The van der Waals surface area contributed by atoms with Crippen LogP contribution in [0.1, 0.15) is 84.8 Å². The normalized spacial score (nSPS) is 17.4. The van der Waals surface area contributed by atoms with Crippen molar-refractivity contribution >= 4 is 24.0 Å². The Hall–Kier alpha value is -5.84. The van der Waals surface area contributed by atoms with Crippen LogP contribution in [-0.4, -0.2) is 121 Å². The lowest BCUT2D eigenvalue weighted by atomic mass is 10.1. The monoisotopic (exact) mass is 742 g/mol. The molecule has 0 spiro atoms. The number of carbonyl (C=O) groups excluding carboxylic acids is 4. The van der Waals surface area contributed by atoms with Gasteiger partial charge in [0.1, 0.15) is 35.1 Å². The zero-order valence-corrected chi connectivity index (χ0v) is 30.9. The molecule has 16 heteroatoms. The van der Waals surface area contributed by atoms with Crippen LogP contribution >= 0.6 is 0 Å². The van der Waals surface area contributed by atoms with Crippen molar-refractivity contribution in [2.75, 3.05) is 54.7 Å². The molecule has 0 radical (unpaired) electrons. The van der Waals surface area contributed by atoms with Crippen LogP contribution in [0.15, 0.2) is 36.7 Å². The molecule has 2 saturated heterocycles.